The first-order chi connectivity index (χ1) is 5.24. The maximum atomic E-state index is 10.6. The van der Waals surface area contributed by atoms with Crippen LogP contribution in [0.25, 0.3) is 0 Å². The number of aromatic nitrogens is 2. The lowest BCUT2D eigenvalue weighted by atomic mass is 10.3. The van der Waals surface area contributed by atoms with Gasteiger partial charge in [-0.25, -0.2) is 4.79 Å². The molecule has 0 aliphatic heterocycles. The summed E-state index contributed by atoms with van der Waals surface area (Å²) in [4.78, 5) is 15.3. The smallest absolute Gasteiger partial charge is 0.325 e. The van der Waals surface area contributed by atoms with Gasteiger partial charge in [-0.2, -0.15) is 12.6 Å². The van der Waals surface area contributed by atoms with Gasteiger partial charge >= 0.3 is 5.69 Å². The number of hydrogen-bond acceptors (Lipinski definition) is 3. The number of aryl methyl sites for hydroxylation is 1. The standard InChI is InChI=1S/C6H10N2O2S/c9-5-4(2-1-3-11)7-6(10)8-5/h9,11H,1-3H2,(H2,7,8,10). The molecule has 3 N–H and O–H groups in total. The van der Waals surface area contributed by atoms with Crippen LogP contribution in [0.3, 0.4) is 0 Å². The Kier molecular flexibility index (Phi) is 2.64. The summed E-state index contributed by atoms with van der Waals surface area (Å²) in [5.74, 6) is 0.684. The Morgan fingerprint density at radius 1 is 1.45 bits per heavy atom. The molecular formula is C6H10N2O2S. The van der Waals surface area contributed by atoms with Crippen LogP contribution in [-0.4, -0.2) is 20.8 Å². The van der Waals surface area contributed by atoms with Crippen LogP contribution in [0.5, 0.6) is 5.88 Å². The Morgan fingerprint density at radius 3 is 2.64 bits per heavy atom. The summed E-state index contributed by atoms with van der Waals surface area (Å²) in [6.07, 6.45) is 1.48. The van der Waals surface area contributed by atoms with Crippen molar-refractivity contribution < 1.29 is 5.11 Å². The molecule has 0 radical (unpaired) electrons. The van der Waals surface area contributed by atoms with Crippen LogP contribution in [0.2, 0.25) is 0 Å². The van der Waals surface area contributed by atoms with E-state index in [1.165, 1.54) is 0 Å². The Bertz CT molecular complexity index is 278. The van der Waals surface area contributed by atoms with Crippen molar-refractivity contribution in [1.82, 2.24) is 9.97 Å². The predicted molar refractivity (Wildman–Crippen MR) is 45.3 cm³/mol. The number of nitrogens with one attached hydrogen (secondary N) is 2. The van der Waals surface area contributed by atoms with Crippen LogP contribution >= 0.6 is 12.6 Å². The van der Waals surface area contributed by atoms with Crippen molar-refractivity contribution in [1.29, 1.82) is 0 Å². The van der Waals surface area contributed by atoms with Crippen LogP contribution < -0.4 is 5.69 Å². The summed E-state index contributed by atoms with van der Waals surface area (Å²) in [7, 11) is 0. The Labute approximate surface area is 69.1 Å². The van der Waals surface area contributed by atoms with Gasteiger partial charge in [0.15, 0.2) is 0 Å². The van der Waals surface area contributed by atoms with E-state index in [0.29, 0.717) is 12.1 Å². The molecule has 0 saturated carbocycles. The zero-order valence-corrected chi connectivity index (χ0v) is 6.82. The fraction of sp³-hybridized carbons (Fsp3) is 0.500. The topological polar surface area (TPSA) is 68.9 Å². The van der Waals surface area contributed by atoms with Gasteiger partial charge in [-0.05, 0) is 18.6 Å². The normalized spacial score (nSPS) is 10.3. The average molecular weight is 174 g/mol. The molecule has 1 rings (SSSR count). The SMILES string of the molecule is O=c1[nH]c(O)c(CCCS)[nH]1. The Hall–Kier alpha value is -0.840. The summed E-state index contributed by atoms with van der Waals surface area (Å²) in [6.45, 7) is 0. The highest BCUT2D eigenvalue weighted by Crippen LogP contribution is 2.09. The van der Waals surface area contributed by atoms with Crippen molar-refractivity contribution in [2.24, 2.45) is 0 Å². The van der Waals surface area contributed by atoms with Crippen LogP contribution in [0.1, 0.15) is 12.1 Å². The molecule has 0 unspecified atom stereocenters. The number of hydrogen-bond donors (Lipinski definition) is 4. The summed E-state index contributed by atoms with van der Waals surface area (Å²) >= 11 is 4.01. The molecular weight excluding hydrogens is 164 g/mol. The number of thiol groups is 1. The average Bonchev–Trinajstić information content (AvgIpc) is 2.26. The van der Waals surface area contributed by atoms with Crippen LogP contribution in [0.4, 0.5) is 0 Å². The summed E-state index contributed by atoms with van der Waals surface area (Å²) in [5.41, 5.74) is 0.195. The molecule has 0 atom stereocenters. The number of aromatic hydroxyl groups is 1. The fourth-order valence-corrected chi connectivity index (χ4v) is 1.01. The minimum Gasteiger partial charge on any atom is -0.493 e. The van der Waals surface area contributed by atoms with Crippen molar-refractivity contribution in [3.8, 4) is 5.88 Å². The molecule has 0 fully saturated rings. The number of imidazole rings is 1. The summed E-state index contributed by atoms with van der Waals surface area (Å²) in [5, 5.41) is 9.05. The highest BCUT2D eigenvalue weighted by Gasteiger charge is 2.03. The third-order valence-corrected chi connectivity index (χ3v) is 1.68. The zero-order valence-electron chi connectivity index (χ0n) is 5.92. The van der Waals surface area contributed by atoms with E-state index in [0.717, 1.165) is 12.2 Å². The van der Waals surface area contributed by atoms with E-state index in [1.807, 2.05) is 0 Å². The third-order valence-electron chi connectivity index (χ3n) is 1.37. The van der Waals surface area contributed by atoms with Gasteiger partial charge in [0.1, 0.15) is 0 Å². The second kappa shape index (κ2) is 3.52. The number of aromatic amines is 2. The van der Waals surface area contributed by atoms with Gasteiger partial charge in [0.05, 0.1) is 5.69 Å². The first kappa shape index (κ1) is 8.26. The summed E-state index contributed by atoms with van der Waals surface area (Å²) in [6, 6.07) is 0. The van der Waals surface area contributed by atoms with Crippen LogP contribution in [0.15, 0.2) is 4.79 Å². The second-order valence-corrected chi connectivity index (χ2v) is 2.68. The van der Waals surface area contributed by atoms with Gasteiger partial charge in [-0.15, -0.1) is 0 Å². The van der Waals surface area contributed by atoms with E-state index >= 15 is 0 Å². The first-order valence-corrected chi connectivity index (χ1v) is 3.98. The van der Waals surface area contributed by atoms with Crippen LogP contribution in [0, 0.1) is 0 Å². The lowest BCUT2D eigenvalue weighted by Crippen LogP contribution is -2.01. The van der Waals surface area contributed by atoms with Gasteiger partial charge in [0, 0.05) is 0 Å². The molecule has 1 aromatic rings. The largest absolute Gasteiger partial charge is 0.493 e. The van der Waals surface area contributed by atoms with Crippen molar-refractivity contribution in [2.45, 2.75) is 12.8 Å². The molecule has 0 aliphatic carbocycles. The third kappa shape index (κ3) is 2.04. The molecule has 62 valence electrons. The van der Waals surface area contributed by atoms with Crippen molar-refractivity contribution in [2.75, 3.05) is 5.75 Å². The molecule has 0 saturated heterocycles. The lowest BCUT2D eigenvalue weighted by molar-refractivity contribution is 0.448. The van der Waals surface area contributed by atoms with Crippen molar-refractivity contribution >= 4 is 12.6 Å². The maximum Gasteiger partial charge on any atom is 0.325 e. The molecule has 11 heavy (non-hydrogen) atoms. The molecule has 5 heteroatoms. The molecule has 0 amide bonds. The van der Waals surface area contributed by atoms with Crippen molar-refractivity contribution in [3.05, 3.63) is 16.2 Å². The van der Waals surface area contributed by atoms with Crippen molar-refractivity contribution in [3.63, 3.8) is 0 Å². The molecule has 4 nitrogen and oxygen atoms in total. The quantitative estimate of drug-likeness (QED) is 0.497. The monoisotopic (exact) mass is 174 g/mol. The molecule has 0 spiro atoms. The van der Waals surface area contributed by atoms with Crippen LogP contribution in [-0.2, 0) is 6.42 Å². The van der Waals surface area contributed by atoms with Gasteiger partial charge in [0.2, 0.25) is 5.88 Å². The summed E-state index contributed by atoms with van der Waals surface area (Å²) < 4.78 is 0. The highest BCUT2D eigenvalue weighted by molar-refractivity contribution is 7.80. The minimum atomic E-state index is -0.364. The van der Waals surface area contributed by atoms with Gasteiger partial charge in [-0.1, -0.05) is 0 Å². The molecule has 0 aliphatic rings. The van der Waals surface area contributed by atoms with E-state index < -0.39 is 0 Å². The predicted octanol–water partition coefficient (Wildman–Crippen LogP) is 0.271. The first-order valence-electron chi connectivity index (χ1n) is 3.35. The highest BCUT2D eigenvalue weighted by atomic mass is 32.1. The maximum absolute atomic E-state index is 10.6. The second-order valence-electron chi connectivity index (χ2n) is 2.23. The van der Waals surface area contributed by atoms with E-state index in [1.54, 1.807) is 0 Å². The van der Waals surface area contributed by atoms with E-state index in [-0.39, 0.29) is 11.6 Å². The van der Waals surface area contributed by atoms with Gasteiger partial charge < -0.3 is 10.1 Å². The number of H-pyrrole nitrogens is 2. The minimum absolute atomic E-state index is 0.0585. The molecule has 1 aromatic heterocycles. The van der Waals surface area contributed by atoms with E-state index in [9.17, 15) is 4.79 Å². The van der Waals surface area contributed by atoms with E-state index in [2.05, 4.69) is 22.6 Å². The zero-order chi connectivity index (χ0) is 8.27. The van der Waals surface area contributed by atoms with Gasteiger partial charge in [0.25, 0.3) is 0 Å². The molecule has 0 aromatic carbocycles. The molecule has 1 heterocycles. The Morgan fingerprint density at radius 2 is 2.18 bits per heavy atom. The molecule has 0 bridgehead atoms. The van der Waals surface area contributed by atoms with E-state index in [4.69, 9.17) is 5.11 Å². The Balaban J connectivity index is 2.69. The van der Waals surface area contributed by atoms with Gasteiger partial charge in [-0.3, -0.25) is 4.98 Å². The lowest BCUT2D eigenvalue weighted by Gasteiger charge is -1.93. The fourth-order valence-electron chi connectivity index (χ4n) is 0.847. The number of rotatable bonds is 3.